The molecule has 1 amide bonds. The van der Waals surface area contributed by atoms with Crippen molar-refractivity contribution in [2.75, 3.05) is 6.54 Å². The van der Waals surface area contributed by atoms with E-state index in [4.69, 9.17) is 11.0 Å². The third kappa shape index (κ3) is 1.91. The van der Waals surface area contributed by atoms with Gasteiger partial charge in [0.05, 0.1) is 11.6 Å². The van der Waals surface area contributed by atoms with Crippen molar-refractivity contribution in [3.63, 3.8) is 0 Å². The Bertz CT molecular complexity index is 509. The molecule has 94 valence electrons. The van der Waals surface area contributed by atoms with Crippen molar-refractivity contribution in [2.24, 2.45) is 5.73 Å². The van der Waals surface area contributed by atoms with Crippen molar-refractivity contribution < 1.29 is 9.90 Å². The zero-order chi connectivity index (χ0) is 13.2. The Morgan fingerprint density at radius 2 is 2.17 bits per heavy atom. The molecule has 1 heterocycles. The highest BCUT2D eigenvalue weighted by Crippen LogP contribution is 2.34. The second-order valence-electron chi connectivity index (χ2n) is 4.47. The average Bonchev–Trinajstić information content (AvgIpc) is 2.38. The van der Waals surface area contributed by atoms with Crippen LogP contribution < -0.4 is 5.73 Å². The number of piperidine rings is 1. The summed E-state index contributed by atoms with van der Waals surface area (Å²) >= 11 is 0. The lowest BCUT2D eigenvalue weighted by molar-refractivity contribution is 0.0482. The Labute approximate surface area is 105 Å². The molecule has 0 spiro atoms. The summed E-state index contributed by atoms with van der Waals surface area (Å²) in [6.07, 6.45) is 1.17. The number of likely N-dealkylation sites (tertiary alicyclic amines) is 1. The number of carboxylic acid groups (broad SMARTS) is 1. The number of nitrogens with two attached hydrogens (primary N) is 1. The molecule has 0 aliphatic carbocycles. The maximum Gasteiger partial charge on any atom is 0.409 e. The van der Waals surface area contributed by atoms with Crippen molar-refractivity contribution in [2.45, 2.75) is 24.9 Å². The smallest absolute Gasteiger partial charge is 0.409 e. The fourth-order valence-corrected chi connectivity index (χ4v) is 2.50. The predicted octanol–water partition coefficient (Wildman–Crippen LogP) is 1.83. The fourth-order valence-electron chi connectivity index (χ4n) is 2.50. The largest absolute Gasteiger partial charge is 0.465 e. The monoisotopic (exact) mass is 245 g/mol. The van der Waals surface area contributed by atoms with Crippen LogP contribution >= 0.6 is 0 Å². The summed E-state index contributed by atoms with van der Waals surface area (Å²) in [5, 5.41) is 18.4. The molecule has 1 fully saturated rings. The summed E-state index contributed by atoms with van der Waals surface area (Å²) in [4.78, 5) is 12.5. The standard InChI is InChI=1S/C13H15N3O2/c14-9-10-5-1-2-6-11(10)13(15)7-3-4-8-16(13)12(17)18/h1-2,5-6H,3-4,7-8,15H2,(H,17,18). The van der Waals surface area contributed by atoms with Crippen molar-refractivity contribution in [3.05, 3.63) is 35.4 Å². The van der Waals surface area contributed by atoms with Gasteiger partial charge in [-0.25, -0.2) is 4.79 Å². The maximum absolute atomic E-state index is 11.3. The first-order valence-corrected chi connectivity index (χ1v) is 5.88. The van der Waals surface area contributed by atoms with E-state index >= 15 is 0 Å². The van der Waals surface area contributed by atoms with Crippen molar-refractivity contribution in [1.82, 2.24) is 4.90 Å². The molecule has 5 heteroatoms. The molecule has 0 bridgehead atoms. The first kappa shape index (κ1) is 12.4. The van der Waals surface area contributed by atoms with E-state index in [0.29, 0.717) is 24.1 Å². The van der Waals surface area contributed by atoms with E-state index in [1.807, 2.05) is 0 Å². The van der Waals surface area contributed by atoms with Gasteiger partial charge in [0, 0.05) is 12.1 Å². The second kappa shape index (κ2) is 4.67. The SMILES string of the molecule is N#Cc1ccccc1C1(N)CCCCN1C(=O)O. The number of benzene rings is 1. The molecule has 2 rings (SSSR count). The Morgan fingerprint density at radius 3 is 2.83 bits per heavy atom. The summed E-state index contributed by atoms with van der Waals surface area (Å²) in [7, 11) is 0. The van der Waals surface area contributed by atoms with Crippen LogP contribution in [0.1, 0.15) is 30.4 Å². The van der Waals surface area contributed by atoms with Crippen molar-refractivity contribution in [1.29, 1.82) is 5.26 Å². The first-order valence-electron chi connectivity index (χ1n) is 5.88. The highest BCUT2D eigenvalue weighted by molar-refractivity contribution is 5.67. The first-order chi connectivity index (χ1) is 8.59. The Morgan fingerprint density at radius 1 is 1.44 bits per heavy atom. The van der Waals surface area contributed by atoms with Gasteiger partial charge in [0.1, 0.15) is 5.66 Å². The van der Waals surface area contributed by atoms with E-state index in [1.54, 1.807) is 24.3 Å². The van der Waals surface area contributed by atoms with Gasteiger partial charge in [-0.15, -0.1) is 0 Å². The molecule has 1 aromatic rings. The molecule has 3 N–H and O–H groups in total. The molecule has 1 atom stereocenters. The van der Waals surface area contributed by atoms with Crippen LogP contribution in [-0.4, -0.2) is 22.6 Å². The quantitative estimate of drug-likeness (QED) is 0.789. The Balaban J connectivity index is 2.51. The van der Waals surface area contributed by atoms with Gasteiger partial charge >= 0.3 is 6.09 Å². The van der Waals surface area contributed by atoms with Gasteiger partial charge in [0.25, 0.3) is 0 Å². The second-order valence-corrected chi connectivity index (χ2v) is 4.47. The predicted molar refractivity (Wildman–Crippen MR) is 65.6 cm³/mol. The molecular formula is C13H15N3O2. The normalized spacial score (nSPS) is 23.4. The van der Waals surface area contributed by atoms with E-state index < -0.39 is 11.8 Å². The van der Waals surface area contributed by atoms with Gasteiger partial charge in [0.2, 0.25) is 0 Å². The lowest BCUT2D eigenvalue weighted by Gasteiger charge is -2.43. The van der Waals surface area contributed by atoms with Crippen LogP contribution in [0.25, 0.3) is 0 Å². The molecule has 5 nitrogen and oxygen atoms in total. The van der Waals surface area contributed by atoms with Crippen molar-refractivity contribution >= 4 is 6.09 Å². The highest BCUT2D eigenvalue weighted by atomic mass is 16.4. The van der Waals surface area contributed by atoms with Crippen LogP contribution in [0.2, 0.25) is 0 Å². The molecule has 0 radical (unpaired) electrons. The summed E-state index contributed by atoms with van der Waals surface area (Å²) in [5.74, 6) is 0. The minimum absolute atomic E-state index is 0.408. The minimum Gasteiger partial charge on any atom is -0.465 e. The molecular weight excluding hydrogens is 230 g/mol. The molecule has 18 heavy (non-hydrogen) atoms. The zero-order valence-electron chi connectivity index (χ0n) is 9.97. The maximum atomic E-state index is 11.3. The molecule has 0 saturated carbocycles. The number of amides is 1. The lowest BCUT2D eigenvalue weighted by Crippen LogP contribution is -2.58. The van der Waals surface area contributed by atoms with Gasteiger partial charge in [-0.2, -0.15) is 5.26 Å². The van der Waals surface area contributed by atoms with Crippen LogP contribution in [0.5, 0.6) is 0 Å². The van der Waals surface area contributed by atoms with E-state index in [1.165, 1.54) is 4.90 Å². The van der Waals surface area contributed by atoms with Gasteiger partial charge in [-0.3, -0.25) is 4.90 Å². The minimum atomic E-state index is -1.09. The van der Waals surface area contributed by atoms with Crippen LogP contribution in [0.15, 0.2) is 24.3 Å². The number of hydrogen-bond donors (Lipinski definition) is 2. The van der Waals surface area contributed by atoms with Crippen LogP contribution in [0, 0.1) is 11.3 Å². The summed E-state index contributed by atoms with van der Waals surface area (Å²) in [5.41, 5.74) is 6.24. The molecule has 1 saturated heterocycles. The van der Waals surface area contributed by atoms with E-state index in [0.717, 1.165) is 12.8 Å². The average molecular weight is 245 g/mol. The zero-order valence-corrected chi connectivity index (χ0v) is 9.97. The molecule has 1 aliphatic heterocycles. The van der Waals surface area contributed by atoms with Crippen molar-refractivity contribution in [3.8, 4) is 6.07 Å². The summed E-state index contributed by atoms with van der Waals surface area (Å²) in [6.45, 7) is 0.408. The third-order valence-corrected chi connectivity index (χ3v) is 3.42. The summed E-state index contributed by atoms with van der Waals surface area (Å²) in [6, 6.07) is 9.01. The number of rotatable bonds is 1. The van der Waals surface area contributed by atoms with Gasteiger partial charge in [-0.05, 0) is 25.3 Å². The fraction of sp³-hybridized carbons (Fsp3) is 0.385. The van der Waals surface area contributed by atoms with E-state index in [9.17, 15) is 9.90 Å². The van der Waals surface area contributed by atoms with E-state index in [-0.39, 0.29) is 0 Å². The van der Waals surface area contributed by atoms with Crippen LogP contribution in [0.3, 0.4) is 0 Å². The Hall–Kier alpha value is -2.06. The van der Waals surface area contributed by atoms with Gasteiger partial charge < -0.3 is 10.8 Å². The number of nitriles is 1. The number of hydrogen-bond acceptors (Lipinski definition) is 3. The number of nitrogens with zero attached hydrogens (tertiary/aromatic N) is 2. The Kier molecular flexibility index (Phi) is 3.21. The van der Waals surface area contributed by atoms with E-state index in [2.05, 4.69) is 6.07 Å². The molecule has 0 aromatic heterocycles. The summed E-state index contributed by atoms with van der Waals surface area (Å²) < 4.78 is 0. The highest BCUT2D eigenvalue weighted by Gasteiger charge is 2.41. The lowest BCUT2D eigenvalue weighted by atomic mass is 9.86. The number of carbonyl (C=O) groups is 1. The third-order valence-electron chi connectivity index (χ3n) is 3.42. The van der Waals surface area contributed by atoms with Gasteiger partial charge in [0.15, 0.2) is 0 Å². The van der Waals surface area contributed by atoms with Gasteiger partial charge in [-0.1, -0.05) is 18.2 Å². The molecule has 1 aromatic carbocycles. The molecule has 1 unspecified atom stereocenters. The van der Waals surface area contributed by atoms with Crippen LogP contribution in [-0.2, 0) is 5.66 Å². The van der Waals surface area contributed by atoms with Crippen LogP contribution in [0.4, 0.5) is 4.79 Å². The topological polar surface area (TPSA) is 90.4 Å². The molecule has 1 aliphatic rings.